The number of nitrogens with one attached hydrogen (secondary N) is 3. The Morgan fingerprint density at radius 2 is 2.15 bits per heavy atom. The van der Waals surface area contributed by atoms with Crippen molar-refractivity contribution in [3.8, 4) is 0 Å². The Bertz CT molecular complexity index is 603. The van der Waals surface area contributed by atoms with Gasteiger partial charge in [-0.3, -0.25) is 4.79 Å². The van der Waals surface area contributed by atoms with Crippen LogP contribution >= 0.6 is 35.7 Å². The Labute approximate surface area is 185 Å². The molecule has 2 rings (SSSR count). The molecule has 0 bridgehead atoms. The van der Waals surface area contributed by atoms with Gasteiger partial charge in [-0.05, 0) is 49.1 Å². The van der Waals surface area contributed by atoms with Gasteiger partial charge in [0.15, 0.2) is 5.96 Å². The summed E-state index contributed by atoms with van der Waals surface area (Å²) < 4.78 is 0. The molecule has 0 radical (unpaired) electrons. The van der Waals surface area contributed by atoms with E-state index in [2.05, 4.69) is 27.9 Å². The minimum atomic E-state index is 0. The molecule has 1 aliphatic rings. The van der Waals surface area contributed by atoms with E-state index in [9.17, 15) is 4.79 Å². The summed E-state index contributed by atoms with van der Waals surface area (Å²) in [5.41, 5.74) is 1.92. The molecular formula is C20H33IN4OS. The predicted molar refractivity (Wildman–Crippen MR) is 128 cm³/mol. The van der Waals surface area contributed by atoms with Crippen molar-refractivity contribution in [2.24, 2.45) is 10.9 Å². The maximum Gasteiger partial charge on any atom is 0.224 e. The maximum atomic E-state index is 11.9. The normalized spacial score (nSPS) is 16.7. The number of amides is 1. The monoisotopic (exact) mass is 504 g/mol. The van der Waals surface area contributed by atoms with Crippen LogP contribution < -0.4 is 16.0 Å². The van der Waals surface area contributed by atoms with Crippen molar-refractivity contribution in [3.63, 3.8) is 0 Å². The van der Waals surface area contributed by atoms with Gasteiger partial charge in [0, 0.05) is 30.4 Å². The molecule has 1 saturated heterocycles. The molecule has 0 aliphatic carbocycles. The number of anilines is 1. The number of hydrogen-bond acceptors (Lipinski definition) is 3. The Kier molecular flexibility index (Phi) is 11.8. The van der Waals surface area contributed by atoms with Gasteiger partial charge in [-0.25, -0.2) is 4.99 Å². The van der Waals surface area contributed by atoms with Gasteiger partial charge in [-0.2, -0.15) is 11.8 Å². The van der Waals surface area contributed by atoms with E-state index in [1.807, 2.05) is 49.9 Å². The van der Waals surface area contributed by atoms with Gasteiger partial charge in [0.2, 0.25) is 5.91 Å². The van der Waals surface area contributed by atoms with Gasteiger partial charge < -0.3 is 16.0 Å². The topological polar surface area (TPSA) is 65.5 Å². The van der Waals surface area contributed by atoms with Crippen molar-refractivity contribution in [1.29, 1.82) is 0 Å². The van der Waals surface area contributed by atoms with E-state index in [1.165, 1.54) is 18.6 Å². The number of aliphatic imine (C=N–C) groups is 1. The summed E-state index contributed by atoms with van der Waals surface area (Å²) >= 11 is 2.04. The SMILES string of the molecule is CCNC(=NCc1cccc(NC(=O)CC(C)C)c1)NCC1CCCS1.I. The van der Waals surface area contributed by atoms with Crippen molar-refractivity contribution >= 4 is 53.3 Å². The van der Waals surface area contributed by atoms with Crippen LogP contribution in [0.4, 0.5) is 5.69 Å². The second-order valence-electron chi connectivity index (χ2n) is 7.06. The maximum absolute atomic E-state index is 11.9. The van der Waals surface area contributed by atoms with Crippen LogP contribution in [0.3, 0.4) is 0 Å². The lowest BCUT2D eigenvalue weighted by Gasteiger charge is -2.14. The van der Waals surface area contributed by atoms with Crippen LogP contribution in [0, 0.1) is 5.92 Å². The lowest BCUT2D eigenvalue weighted by Crippen LogP contribution is -2.40. The molecule has 152 valence electrons. The zero-order valence-corrected chi connectivity index (χ0v) is 19.7. The van der Waals surface area contributed by atoms with E-state index in [4.69, 9.17) is 0 Å². The molecule has 0 aromatic heterocycles. The summed E-state index contributed by atoms with van der Waals surface area (Å²) in [5.74, 6) is 2.54. The van der Waals surface area contributed by atoms with E-state index in [-0.39, 0.29) is 29.9 Å². The number of rotatable bonds is 8. The van der Waals surface area contributed by atoms with Gasteiger partial charge >= 0.3 is 0 Å². The summed E-state index contributed by atoms with van der Waals surface area (Å²) in [4.78, 5) is 16.6. The minimum Gasteiger partial charge on any atom is -0.357 e. The number of hydrogen-bond donors (Lipinski definition) is 3. The molecule has 1 aromatic rings. The lowest BCUT2D eigenvalue weighted by atomic mass is 10.1. The standard InChI is InChI=1S/C20H32N4OS.HI/c1-4-21-20(23-14-18-9-6-10-26-18)22-13-16-7-5-8-17(12-16)24-19(25)11-15(2)3;/h5,7-8,12,15,18H,4,6,9-11,13-14H2,1-3H3,(H,24,25)(H2,21,22,23);1H. The van der Waals surface area contributed by atoms with Gasteiger partial charge in [-0.15, -0.1) is 24.0 Å². The molecule has 1 heterocycles. The number of halogens is 1. The Balaban J connectivity index is 0.00000364. The third-order valence-electron chi connectivity index (χ3n) is 4.09. The fraction of sp³-hybridized carbons (Fsp3) is 0.600. The first-order chi connectivity index (χ1) is 12.6. The zero-order valence-electron chi connectivity index (χ0n) is 16.6. The number of thioether (sulfide) groups is 1. The summed E-state index contributed by atoms with van der Waals surface area (Å²) in [7, 11) is 0. The Morgan fingerprint density at radius 3 is 2.81 bits per heavy atom. The highest BCUT2D eigenvalue weighted by Crippen LogP contribution is 2.25. The van der Waals surface area contributed by atoms with Crippen molar-refractivity contribution < 1.29 is 4.79 Å². The van der Waals surface area contributed by atoms with Crippen molar-refractivity contribution in [2.75, 3.05) is 24.2 Å². The second-order valence-corrected chi connectivity index (χ2v) is 8.47. The molecule has 0 saturated carbocycles. The largest absolute Gasteiger partial charge is 0.357 e. The molecule has 1 unspecified atom stereocenters. The van der Waals surface area contributed by atoms with Crippen LogP contribution in [0.25, 0.3) is 0 Å². The van der Waals surface area contributed by atoms with E-state index >= 15 is 0 Å². The summed E-state index contributed by atoms with van der Waals surface area (Å²) in [6.07, 6.45) is 3.14. The Morgan fingerprint density at radius 1 is 1.33 bits per heavy atom. The molecule has 3 N–H and O–H groups in total. The van der Waals surface area contributed by atoms with E-state index in [1.54, 1.807) is 0 Å². The number of guanidine groups is 1. The Hall–Kier alpha value is -0.960. The molecule has 1 aromatic carbocycles. The van der Waals surface area contributed by atoms with Gasteiger partial charge in [0.05, 0.1) is 6.54 Å². The molecule has 7 heteroatoms. The first kappa shape index (κ1) is 24.1. The fourth-order valence-electron chi connectivity index (χ4n) is 2.86. The molecule has 1 amide bonds. The molecule has 27 heavy (non-hydrogen) atoms. The smallest absolute Gasteiger partial charge is 0.224 e. The van der Waals surface area contributed by atoms with Crippen LogP contribution in [-0.4, -0.2) is 36.0 Å². The molecular weight excluding hydrogens is 471 g/mol. The van der Waals surface area contributed by atoms with Crippen LogP contribution in [0.15, 0.2) is 29.3 Å². The van der Waals surface area contributed by atoms with Crippen LogP contribution in [0.1, 0.15) is 45.6 Å². The molecule has 5 nitrogen and oxygen atoms in total. The zero-order chi connectivity index (χ0) is 18.8. The fourth-order valence-corrected chi connectivity index (χ4v) is 4.06. The summed E-state index contributed by atoms with van der Waals surface area (Å²) in [5, 5.41) is 10.4. The number of benzene rings is 1. The third kappa shape index (κ3) is 9.69. The first-order valence-electron chi connectivity index (χ1n) is 9.59. The van der Waals surface area contributed by atoms with Crippen LogP contribution in [-0.2, 0) is 11.3 Å². The second kappa shape index (κ2) is 13.3. The molecule has 1 aliphatic heterocycles. The summed E-state index contributed by atoms with van der Waals surface area (Å²) in [6.45, 7) is 8.55. The molecule has 1 atom stereocenters. The van der Waals surface area contributed by atoms with Crippen molar-refractivity contribution in [1.82, 2.24) is 10.6 Å². The van der Waals surface area contributed by atoms with E-state index in [0.29, 0.717) is 24.1 Å². The van der Waals surface area contributed by atoms with Crippen LogP contribution in [0.2, 0.25) is 0 Å². The summed E-state index contributed by atoms with van der Waals surface area (Å²) in [6, 6.07) is 7.92. The first-order valence-corrected chi connectivity index (χ1v) is 10.6. The van der Waals surface area contributed by atoms with Crippen LogP contribution in [0.5, 0.6) is 0 Å². The van der Waals surface area contributed by atoms with Gasteiger partial charge in [-0.1, -0.05) is 26.0 Å². The highest BCUT2D eigenvalue weighted by molar-refractivity contribution is 14.0. The van der Waals surface area contributed by atoms with E-state index < -0.39 is 0 Å². The number of carbonyl (C=O) groups excluding carboxylic acids is 1. The van der Waals surface area contributed by atoms with Gasteiger partial charge in [0.1, 0.15) is 0 Å². The lowest BCUT2D eigenvalue weighted by molar-refractivity contribution is -0.116. The quantitative estimate of drug-likeness (QED) is 0.282. The highest BCUT2D eigenvalue weighted by Gasteiger charge is 2.15. The molecule has 0 spiro atoms. The average molecular weight is 504 g/mol. The number of carbonyl (C=O) groups is 1. The van der Waals surface area contributed by atoms with E-state index in [0.717, 1.165) is 30.3 Å². The van der Waals surface area contributed by atoms with Gasteiger partial charge in [0.25, 0.3) is 0 Å². The number of nitrogens with zero attached hydrogens (tertiary/aromatic N) is 1. The minimum absolute atomic E-state index is 0. The molecule has 1 fully saturated rings. The average Bonchev–Trinajstić information content (AvgIpc) is 3.10. The van der Waals surface area contributed by atoms with Crippen molar-refractivity contribution in [3.05, 3.63) is 29.8 Å². The highest BCUT2D eigenvalue weighted by atomic mass is 127. The third-order valence-corrected chi connectivity index (χ3v) is 5.49. The predicted octanol–water partition coefficient (Wildman–Crippen LogP) is 4.24. The van der Waals surface area contributed by atoms with Crippen molar-refractivity contribution in [2.45, 2.75) is 51.8 Å².